The van der Waals surface area contributed by atoms with Crippen molar-refractivity contribution < 1.29 is 4.79 Å². The molecule has 0 unspecified atom stereocenters. The largest absolute Gasteiger partial charge is 0.355 e. The average molecular weight is 527 g/mol. The Morgan fingerprint density at radius 3 is 2.37 bits per heavy atom. The molecule has 1 aliphatic carbocycles. The van der Waals surface area contributed by atoms with Crippen LogP contribution in [0.5, 0.6) is 0 Å². The number of carbonyl (C=O) groups excluding carboxylic acids is 1. The third-order valence-electron chi connectivity index (χ3n) is 6.42. The summed E-state index contributed by atoms with van der Waals surface area (Å²) >= 11 is 0. The van der Waals surface area contributed by atoms with Crippen molar-refractivity contribution in [3.05, 3.63) is 35.9 Å². The predicted molar refractivity (Wildman–Crippen MR) is 134 cm³/mol. The van der Waals surface area contributed by atoms with E-state index in [1.807, 2.05) is 21.1 Å². The molecule has 30 heavy (non-hydrogen) atoms. The van der Waals surface area contributed by atoms with E-state index in [2.05, 4.69) is 50.9 Å². The van der Waals surface area contributed by atoms with Crippen molar-refractivity contribution in [2.45, 2.75) is 51.1 Å². The summed E-state index contributed by atoms with van der Waals surface area (Å²) in [5, 5.41) is 7.05. The zero-order chi connectivity index (χ0) is 20.7. The zero-order valence-electron chi connectivity index (χ0n) is 18.7. The number of likely N-dealkylation sites (tertiary alicyclic amines) is 1. The lowest BCUT2D eigenvalue weighted by Gasteiger charge is -2.34. The fourth-order valence-electron chi connectivity index (χ4n) is 4.71. The molecule has 1 saturated heterocycles. The van der Waals surface area contributed by atoms with Crippen molar-refractivity contribution >= 4 is 35.8 Å². The predicted octanol–water partition coefficient (Wildman–Crippen LogP) is 3.08. The van der Waals surface area contributed by atoms with Crippen LogP contribution in [-0.4, -0.2) is 68.5 Å². The van der Waals surface area contributed by atoms with Crippen LogP contribution in [0, 0.1) is 5.41 Å². The van der Waals surface area contributed by atoms with Crippen LogP contribution in [0.1, 0.15) is 44.1 Å². The van der Waals surface area contributed by atoms with Crippen LogP contribution in [0.3, 0.4) is 0 Å². The van der Waals surface area contributed by atoms with Crippen LogP contribution < -0.4 is 10.6 Å². The first kappa shape index (κ1) is 24.9. The van der Waals surface area contributed by atoms with Gasteiger partial charge in [0.05, 0.1) is 5.41 Å². The Morgan fingerprint density at radius 1 is 1.17 bits per heavy atom. The van der Waals surface area contributed by atoms with Gasteiger partial charge >= 0.3 is 0 Å². The van der Waals surface area contributed by atoms with Crippen LogP contribution in [-0.2, 0) is 11.3 Å². The summed E-state index contributed by atoms with van der Waals surface area (Å²) in [5.41, 5.74) is 1.10. The number of piperidine rings is 1. The first-order valence-electron chi connectivity index (χ1n) is 11.0. The van der Waals surface area contributed by atoms with Crippen molar-refractivity contribution in [2.75, 3.05) is 40.8 Å². The highest BCUT2D eigenvalue weighted by molar-refractivity contribution is 14.0. The molecular formula is C23H38IN5O. The van der Waals surface area contributed by atoms with E-state index in [9.17, 15) is 4.79 Å². The van der Waals surface area contributed by atoms with Gasteiger partial charge in [0, 0.05) is 53.4 Å². The third-order valence-corrected chi connectivity index (χ3v) is 6.42. The molecule has 1 heterocycles. The highest BCUT2D eigenvalue weighted by Crippen LogP contribution is 2.38. The maximum absolute atomic E-state index is 12.8. The molecule has 1 saturated carbocycles. The lowest BCUT2D eigenvalue weighted by molar-refractivity contribution is -0.138. The molecule has 0 spiro atoms. The molecule has 7 heteroatoms. The van der Waals surface area contributed by atoms with Gasteiger partial charge in [-0.2, -0.15) is 0 Å². The molecule has 0 radical (unpaired) electrons. The number of amides is 1. The van der Waals surface area contributed by atoms with Gasteiger partial charge in [0.2, 0.25) is 5.91 Å². The second-order valence-electron chi connectivity index (χ2n) is 8.79. The van der Waals surface area contributed by atoms with Crippen molar-refractivity contribution in [1.82, 2.24) is 20.4 Å². The number of hydrogen-bond acceptors (Lipinski definition) is 3. The van der Waals surface area contributed by atoms with Gasteiger partial charge in [0.15, 0.2) is 5.96 Å². The van der Waals surface area contributed by atoms with Gasteiger partial charge in [0.1, 0.15) is 0 Å². The third kappa shape index (κ3) is 6.57. The van der Waals surface area contributed by atoms with E-state index < -0.39 is 0 Å². The number of benzene rings is 1. The Balaban J connectivity index is 0.00000320. The fourth-order valence-corrected chi connectivity index (χ4v) is 4.71. The molecule has 0 aromatic heterocycles. The minimum absolute atomic E-state index is 0. The monoisotopic (exact) mass is 527 g/mol. The lowest BCUT2D eigenvalue weighted by Crippen LogP contribution is -2.52. The number of rotatable bonds is 6. The number of nitrogens with one attached hydrogen (secondary N) is 2. The summed E-state index contributed by atoms with van der Waals surface area (Å²) in [6, 6.07) is 11.1. The Labute approximate surface area is 198 Å². The van der Waals surface area contributed by atoms with Crippen molar-refractivity contribution in [1.29, 1.82) is 0 Å². The number of hydrogen-bond donors (Lipinski definition) is 2. The Kier molecular flexibility index (Phi) is 9.87. The second-order valence-corrected chi connectivity index (χ2v) is 8.79. The molecule has 2 N–H and O–H groups in total. The number of nitrogens with zero attached hydrogens (tertiary/aromatic N) is 3. The van der Waals surface area contributed by atoms with Crippen LogP contribution in [0.15, 0.2) is 35.3 Å². The normalized spacial score (nSPS) is 19.8. The molecule has 3 rings (SSSR count). The zero-order valence-corrected chi connectivity index (χ0v) is 21.0. The second kappa shape index (κ2) is 11.9. The van der Waals surface area contributed by atoms with Crippen molar-refractivity contribution in [3.63, 3.8) is 0 Å². The number of carbonyl (C=O) groups is 1. The minimum atomic E-state index is -0.278. The van der Waals surface area contributed by atoms with Crippen LogP contribution in [0.2, 0.25) is 0 Å². The van der Waals surface area contributed by atoms with Gasteiger partial charge in [-0.1, -0.05) is 43.2 Å². The van der Waals surface area contributed by atoms with Crippen LogP contribution in [0.4, 0.5) is 0 Å². The van der Waals surface area contributed by atoms with Gasteiger partial charge in [-0.15, -0.1) is 24.0 Å². The van der Waals surface area contributed by atoms with E-state index in [0.29, 0.717) is 12.6 Å². The Morgan fingerprint density at radius 2 is 1.80 bits per heavy atom. The molecule has 0 bridgehead atoms. The number of guanidine groups is 1. The summed E-state index contributed by atoms with van der Waals surface area (Å²) in [5.74, 6) is 1.07. The smallest absolute Gasteiger partial charge is 0.230 e. The number of aliphatic imine (C=N–C) groups is 1. The van der Waals surface area contributed by atoms with Crippen LogP contribution in [0.25, 0.3) is 0 Å². The van der Waals surface area contributed by atoms with Gasteiger partial charge in [-0.05, 0) is 31.2 Å². The summed E-state index contributed by atoms with van der Waals surface area (Å²) in [7, 11) is 5.53. The molecule has 2 fully saturated rings. The standard InChI is InChI=1S/C23H37N5O.HI/c1-24-22(25-18-23(13-7-8-14-23)21(29)27(2)3)26-20-11-15-28(16-12-20)17-19-9-5-4-6-10-19;/h4-6,9-10,20H,7-8,11-18H2,1-3H3,(H2,24,25,26);1H. The van der Waals surface area contributed by atoms with Crippen molar-refractivity contribution in [2.24, 2.45) is 10.4 Å². The van der Waals surface area contributed by atoms with E-state index in [1.165, 1.54) is 5.56 Å². The molecule has 1 aromatic rings. The maximum atomic E-state index is 12.8. The van der Waals surface area contributed by atoms with Gasteiger partial charge in [-0.25, -0.2) is 0 Å². The molecule has 2 aliphatic rings. The molecule has 1 aromatic carbocycles. The summed E-state index contributed by atoms with van der Waals surface area (Å²) in [4.78, 5) is 21.4. The fraction of sp³-hybridized carbons (Fsp3) is 0.652. The highest BCUT2D eigenvalue weighted by Gasteiger charge is 2.42. The molecule has 1 amide bonds. The number of halogens is 1. The minimum Gasteiger partial charge on any atom is -0.355 e. The quantitative estimate of drug-likeness (QED) is 0.339. The summed E-state index contributed by atoms with van der Waals surface area (Å²) in [6.07, 6.45) is 6.41. The first-order chi connectivity index (χ1) is 14.0. The van der Waals surface area contributed by atoms with Crippen LogP contribution >= 0.6 is 24.0 Å². The van der Waals surface area contributed by atoms with Gasteiger partial charge in [-0.3, -0.25) is 14.7 Å². The SMILES string of the molecule is CN=C(NCC1(C(=O)N(C)C)CCCC1)NC1CCN(Cc2ccccc2)CC1.I. The molecule has 1 aliphatic heterocycles. The Bertz CT molecular complexity index is 680. The first-order valence-corrected chi connectivity index (χ1v) is 11.0. The van der Waals surface area contributed by atoms with E-state index in [0.717, 1.165) is 64.1 Å². The topological polar surface area (TPSA) is 60.0 Å². The maximum Gasteiger partial charge on any atom is 0.230 e. The molecule has 0 atom stereocenters. The summed E-state index contributed by atoms with van der Waals surface area (Å²) in [6.45, 7) is 3.87. The average Bonchev–Trinajstić information content (AvgIpc) is 3.22. The van der Waals surface area contributed by atoms with Crippen molar-refractivity contribution in [3.8, 4) is 0 Å². The van der Waals surface area contributed by atoms with E-state index in [4.69, 9.17) is 0 Å². The van der Waals surface area contributed by atoms with E-state index in [-0.39, 0.29) is 35.3 Å². The van der Waals surface area contributed by atoms with Gasteiger partial charge < -0.3 is 15.5 Å². The summed E-state index contributed by atoms with van der Waals surface area (Å²) < 4.78 is 0. The Hall–Kier alpha value is -1.35. The van der Waals surface area contributed by atoms with E-state index in [1.54, 1.807) is 4.90 Å². The highest BCUT2D eigenvalue weighted by atomic mass is 127. The van der Waals surface area contributed by atoms with Gasteiger partial charge in [0.25, 0.3) is 0 Å². The molecule has 6 nitrogen and oxygen atoms in total. The molecule has 168 valence electrons. The van der Waals surface area contributed by atoms with E-state index >= 15 is 0 Å². The lowest BCUT2D eigenvalue weighted by atomic mass is 9.84. The molecular weight excluding hydrogens is 489 g/mol.